The van der Waals surface area contributed by atoms with Crippen molar-refractivity contribution in [2.24, 2.45) is 0 Å². The van der Waals surface area contributed by atoms with Gasteiger partial charge in [-0.05, 0) is 36.4 Å². The zero-order valence-corrected chi connectivity index (χ0v) is 12.1. The third-order valence-electron chi connectivity index (χ3n) is 3.34. The molecule has 3 aromatic heterocycles. The predicted molar refractivity (Wildman–Crippen MR) is 80.0 cm³/mol. The van der Waals surface area contributed by atoms with Crippen LogP contribution in [0.15, 0.2) is 59.5 Å². The van der Waals surface area contributed by atoms with Crippen molar-refractivity contribution >= 4 is 0 Å². The molecule has 4 rings (SSSR count). The molecule has 24 heavy (non-hydrogen) atoms. The van der Waals surface area contributed by atoms with E-state index >= 15 is 0 Å². The summed E-state index contributed by atoms with van der Waals surface area (Å²) in [6.45, 7) is 0. The van der Waals surface area contributed by atoms with E-state index in [1.807, 2.05) is 0 Å². The van der Waals surface area contributed by atoms with Gasteiger partial charge in [-0.2, -0.15) is 10.1 Å². The molecule has 0 N–H and O–H groups in total. The Morgan fingerprint density at radius 3 is 2.58 bits per heavy atom. The number of hydrogen-bond donors (Lipinski definition) is 0. The largest absolute Gasteiger partial charge is 0.334 e. The number of pyridine rings is 1. The van der Waals surface area contributed by atoms with Crippen LogP contribution in [0.25, 0.3) is 28.7 Å². The highest BCUT2D eigenvalue weighted by Gasteiger charge is 2.13. The number of halogens is 2. The maximum absolute atomic E-state index is 13.3. The number of nitrogens with zero attached hydrogens (tertiary/aromatic N) is 5. The van der Waals surface area contributed by atoms with E-state index in [4.69, 9.17) is 4.52 Å². The summed E-state index contributed by atoms with van der Waals surface area (Å²) in [6, 6.07) is 8.71. The molecule has 0 saturated carbocycles. The van der Waals surface area contributed by atoms with Crippen molar-refractivity contribution < 1.29 is 13.3 Å². The molecular formula is C16H9F2N5O. The summed E-state index contributed by atoms with van der Waals surface area (Å²) in [5.74, 6) is -0.864. The molecule has 8 heteroatoms. The van der Waals surface area contributed by atoms with Crippen molar-refractivity contribution in [2.75, 3.05) is 0 Å². The van der Waals surface area contributed by atoms with Crippen molar-refractivity contribution in [3.05, 3.63) is 66.6 Å². The average Bonchev–Trinajstić information content (AvgIpc) is 3.29. The van der Waals surface area contributed by atoms with Gasteiger partial charge in [0.15, 0.2) is 17.5 Å². The third kappa shape index (κ3) is 2.54. The van der Waals surface area contributed by atoms with Crippen LogP contribution in [-0.4, -0.2) is 24.9 Å². The van der Waals surface area contributed by atoms with Crippen LogP contribution in [0.3, 0.4) is 0 Å². The minimum atomic E-state index is -0.975. The molecule has 0 saturated heterocycles. The Kier molecular flexibility index (Phi) is 3.34. The fraction of sp³-hybridized carbons (Fsp3) is 0. The summed E-state index contributed by atoms with van der Waals surface area (Å²) in [6.07, 6.45) is 5.01. The highest BCUT2D eigenvalue weighted by atomic mass is 19.2. The van der Waals surface area contributed by atoms with Crippen molar-refractivity contribution in [3.63, 3.8) is 0 Å². The molecule has 0 amide bonds. The van der Waals surface area contributed by atoms with E-state index in [1.54, 1.807) is 41.5 Å². The molecule has 0 aliphatic carbocycles. The van der Waals surface area contributed by atoms with Crippen LogP contribution in [0.5, 0.6) is 0 Å². The molecule has 0 aliphatic rings. The summed E-state index contributed by atoms with van der Waals surface area (Å²) in [4.78, 5) is 8.46. The maximum atomic E-state index is 13.3. The van der Waals surface area contributed by atoms with Gasteiger partial charge in [-0.1, -0.05) is 5.16 Å². The van der Waals surface area contributed by atoms with Gasteiger partial charge in [-0.15, -0.1) is 0 Å². The Morgan fingerprint density at radius 2 is 1.88 bits per heavy atom. The lowest BCUT2D eigenvalue weighted by molar-refractivity contribution is 0.431. The molecule has 0 radical (unpaired) electrons. The molecule has 0 atom stereocenters. The molecule has 0 unspecified atom stereocenters. The van der Waals surface area contributed by atoms with Crippen molar-refractivity contribution in [2.45, 2.75) is 0 Å². The molecule has 0 aliphatic heterocycles. The Hall–Kier alpha value is -3.42. The van der Waals surface area contributed by atoms with Crippen LogP contribution < -0.4 is 0 Å². The lowest BCUT2D eigenvalue weighted by atomic mass is 10.2. The van der Waals surface area contributed by atoms with Gasteiger partial charge in [0.25, 0.3) is 5.89 Å². The summed E-state index contributed by atoms with van der Waals surface area (Å²) >= 11 is 0. The highest BCUT2D eigenvalue weighted by Crippen LogP contribution is 2.23. The van der Waals surface area contributed by atoms with Crippen LogP contribution in [0.4, 0.5) is 8.78 Å². The fourth-order valence-electron chi connectivity index (χ4n) is 2.15. The van der Waals surface area contributed by atoms with E-state index in [1.165, 1.54) is 6.07 Å². The van der Waals surface area contributed by atoms with Gasteiger partial charge in [-0.3, -0.25) is 0 Å². The molecule has 4 aromatic rings. The van der Waals surface area contributed by atoms with Gasteiger partial charge in [0.05, 0.1) is 0 Å². The zero-order valence-electron chi connectivity index (χ0n) is 12.1. The van der Waals surface area contributed by atoms with Crippen LogP contribution in [0, 0.1) is 11.6 Å². The van der Waals surface area contributed by atoms with E-state index in [2.05, 4.69) is 20.2 Å². The Morgan fingerprint density at radius 1 is 1.00 bits per heavy atom. The number of aromatic nitrogens is 5. The lowest BCUT2D eigenvalue weighted by Gasteiger charge is -2.00. The van der Waals surface area contributed by atoms with Gasteiger partial charge in [0.1, 0.15) is 0 Å². The lowest BCUT2D eigenvalue weighted by Crippen LogP contribution is -1.97. The fourth-order valence-corrected chi connectivity index (χ4v) is 2.15. The summed E-state index contributed by atoms with van der Waals surface area (Å²) in [5.41, 5.74) is 0.928. The molecular weight excluding hydrogens is 316 g/mol. The molecule has 118 valence electrons. The first-order valence-electron chi connectivity index (χ1n) is 6.96. The number of rotatable bonds is 3. The molecule has 0 bridgehead atoms. The molecule has 6 nitrogen and oxygen atoms in total. The number of hydrogen-bond acceptors (Lipinski definition) is 5. The van der Waals surface area contributed by atoms with Crippen molar-refractivity contribution in [1.29, 1.82) is 0 Å². The zero-order chi connectivity index (χ0) is 16.5. The molecule has 0 spiro atoms. The third-order valence-corrected chi connectivity index (χ3v) is 3.34. The normalized spacial score (nSPS) is 10.9. The second-order valence-corrected chi connectivity index (χ2v) is 4.91. The van der Waals surface area contributed by atoms with Crippen LogP contribution in [0.1, 0.15) is 0 Å². The van der Waals surface area contributed by atoms with Gasteiger partial charge >= 0.3 is 0 Å². The average molecular weight is 325 g/mol. The highest BCUT2D eigenvalue weighted by molar-refractivity contribution is 5.59. The Balaban J connectivity index is 1.63. The van der Waals surface area contributed by atoms with E-state index < -0.39 is 11.6 Å². The quantitative estimate of drug-likeness (QED) is 0.578. The van der Waals surface area contributed by atoms with Gasteiger partial charge in [0.2, 0.25) is 5.82 Å². The monoisotopic (exact) mass is 325 g/mol. The Labute approximate surface area is 134 Å². The Bertz CT molecular complexity index is 980. The van der Waals surface area contributed by atoms with Crippen molar-refractivity contribution in [1.82, 2.24) is 24.9 Å². The van der Waals surface area contributed by atoms with Crippen LogP contribution >= 0.6 is 0 Å². The maximum Gasteiger partial charge on any atom is 0.258 e. The second-order valence-electron chi connectivity index (χ2n) is 4.91. The minimum absolute atomic E-state index is 0.0973. The van der Waals surface area contributed by atoms with Crippen LogP contribution in [0.2, 0.25) is 0 Å². The van der Waals surface area contributed by atoms with E-state index in [0.29, 0.717) is 22.8 Å². The van der Waals surface area contributed by atoms with E-state index in [0.717, 1.165) is 12.1 Å². The summed E-state index contributed by atoms with van der Waals surface area (Å²) in [7, 11) is 0. The predicted octanol–water partition coefficient (Wildman–Crippen LogP) is 3.26. The second kappa shape index (κ2) is 5.65. The smallest absolute Gasteiger partial charge is 0.258 e. The molecule has 1 aromatic carbocycles. The summed E-state index contributed by atoms with van der Waals surface area (Å²) in [5, 5.41) is 7.93. The van der Waals surface area contributed by atoms with E-state index in [9.17, 15) is 8.78 Å². The van der Waals surface area contributed by atoms with E-state index in [-0.39, 0.29) is 5.89 Å². The van der Waals surface area contributed by atoms with Crippen molar-refractivity contribution in [3.8, 4) is 28.7 Å². The number of benzene rings is 1. The first-order chi connectivity index (χ1) is 11.7. The first kappa shape index (κ1) is 14.2. The van der Waals surface area contributed by atoms with Gasteiger partial charge in [-0.25, -0.2) is 18.4 Å². The van der Waals surface area contributed by atoms with Crippen LogP contribution in [-0.2, 0) is 0 Å². The molecule has 3 heterocycles. The molecule has 0 fully saturated rings. The summed E-state index contributed by atoms with van der Waals surface area (Å²) < 4.78 is 33.0. The standard InChI is InChI=1S/C16H9F2N5O/c17-12-4-2-10(8-13(12)18)16-21-15(22-24-16)11-3-5-14(19-9-11)23-7-1-6-20-23/h1-9H. The van der Waals surface area contributed by atoms with Gasteiger partial charge < -0.3 is 4.52 Å². The minimum Gasteiger partial charge on any atom is -0.334 e. The SMILES string of the molecule is Fc1ccc(-c2nc(-c3ccc(-n4cccn4)nc3)no2)cc1F. The topological polar surface area (TPSA) is 69.6 Å². The van der Waals surface area contributed by atoms with Gasteiger partial charge in [0, 0.05) is 29.7 Å². The first-order valence-corrected chi connectivity index (χ1v) is 6.96.